The second-order valence-corrected chi connectivity index (χ2v) is 11.1. The van der Waals surface area contributed by atoms with Gasteiger partial charge in [0.05, 0.1) is 19.0 Å². The molecule has 1 aromatic carbocycles. The van der Waals surface area contributed by atoms with E-state index < -0.39 is 9.84 Å². The van der Waals surface area contributed by atoms with Gasteiger partial charge in [-0.1, -0.05) is 44.2 Å². The first-order valence-electron chi connectivity index (χ1n) is 10.5. The Balaban J connectivity index is 0.00000450. The van der Waals surface area contributed by atoms with Crippen molar-refractivity contribution >= 4 is 39.8 Å². The van der Waals surface area contributed by atoms with Crippen LogP contribution in [0.2, 0.25) is 0 Å². The van der Waals surface area contributed by atoms with Crippen LogP contribution in [-0.4, -0.2) is 64.1 Å². The molecule has 1 heterocycles. The van der Waals surface area contributed by atoms with Gasteiger partial charge in [0.15, 0.2) is 5.96 Å². The Morgan fingerprint density at radius 3 is 2.63 bits per heavy atom. The summed E-state index contributed by atoms with van der Waals surface area (Å²) < 4.78 is 28.9. The number of halogens is 1. The van der Waals surface area contributed by atoms with Crippen molar-refractivity contribution in [3.8, 4) is 0 Å². The molecule has 0 radical (unpaired) electrons. The number of hydrogen-bond acceptors (Lipinski definition) is 4. The zero-order valence-electron chi connectivity index (χ0n) is 18.8. The van der Waals surface area contributed by atoms with Crippen LogP contribution in [0.5, 0.6) is 0 Å². The Hall–Kier alpha value is -0.870. The average molecular weight is 552 g/mol. The van der Waals surface area contributed by atoms with Crippen molar-refractivity contribution in [2.75, 3.05) is 44.8 Å². The van der Waals surface area contributed by atoms with Gasteiger partial charge in [-0.3, -0.25) is 4.99 Å². The van der Waals surface area contributed by atoms with E-state index in [-0.39, 0.29) is 35.1 Å². The number of benzene rings is 1. The molecule has 0 aliphatic carbocycles. The molecular weight excluding hydrogens is 513 g/mol. The molecule has 1 unspecified atom stereocenters. The van der Waals surface area contributed by atoms with Crippen molar-refractivity contribution in [3.63, 3.8) is 0 Å². The van der Waals surface area contributed by atoms with E-state index in [1.165, 1.54) is 11.8 Å². The number of rotatable bonds is 10. The minimum Gasteiger partial charge on any atom is -0.376 e. The van der Waals surface area contributed by atoms with E-state index in [1.54, 1.807) is 0 Å². The second kappa shape index (κ2) is 12.9. The van der Waals surface area contributed by atoms with Crippen molar-refractivity contribution in [2.45, 2.75) is 40.2 Å². The molecule has 30 heavy (non-hydrogen) atoms. The lowest BCUT2D eigenvalue weighted by molar-refractivity contribution is 0.0906. The summed E-state index contributed by atoms with van der Waals surface area (Å²) in [5.41, 5.74) is 1.05. The summed E-state index contributed by atoms with van der Waals surface area (Å²) in [6.45, 7) is 11.0. The smallest absolute Gasteiger partial charge is 0.193 e. The van der Waals surface area contributed by atoms with E-state index in [9.17, 15) is 8.42 Å². The van der Waals surface area contributed by atoms with Gasteiger partial charge in [-0.05, 0) is 30.7 Å². The number of guanidine groups is 1. The minimum absolute atomic E-state index is 0. The molecule has 0 amide bonds. The second-order valence-electron chi connectivity index (χ2n) is 8.82. The Labute approximate surface area is 199 Å². The van der Waals surface area contributed by atoms with Gasteiger partial charge < -0.3 is 15.0 Å². The number of hydrogen-bond donors (Lipinski definition) is 1. The van der Waals surface area contributed by atoms with Crippen LogP contribution >= 0.6 is 24.0 Å². The zero-order valence-corrected chi connectivity index (χ0v) is 21.9. The molecule has 0 aromatic heterocycles. The van der Waals surface area contributed by atoms with E-state index in [1.807, 2.05) is 18.2 Å². The van der Waals surface area contributed by atoms with Crippen molar-refractivity contribution in [1.29, 1.82) is 0 Å². The minimum atomic E-state index is -2.95. The van der Waals surface area contributed by atoms with Crippen LogP contribution in [0.15, 0.2) is 35.3 Å². The molecular formula is C22H38IN3O3S. The lowest BCUT2D eigenvalue weighted by Crippen LogP contribution is -2.41. The predicted molar refractivity (Wildman–Crippen MR) is 135 cm³/mol. The summed E-state index contributed by atoms with van der Waals surface area (Å²) >= 11 is 0. The number of aliphatic imine (C=N–C) groups is 1. The molecule has 172 valence electrons. The van der Waals surface area contributed by atoms with Crippen molar-refractivity contribution in [1.82, 2.24) is 10.2 Å². The van der Waals surface area contributed by atoms with Crippen LogP contribution in [-0.2, 0) is 21.2 Å². The van der Waals surface area contributed by atoms with E-state index >= 15 is 0 Å². The van der Waals surface area contributed by atoms with Crippen LogP contribution in [0.1, 0.15) is 39.2 Å². The van der Waals surface area contributed by atoms with Gasteiger partial charge in [0.1, 0.15) is 9.84 Å². The summed E-state index contributed by atoms with van der Waals surface area (Å²) in [7, 11) is -2.95. The maximum Gasteiger partial charge on any atom is 0.193 e. The first-order chi connectivity index (χ1) is 13.7. The Bertz CT molecular complexity index is 754. The third-order valence-corrected chi connectivity index (χ3v) is 6.14. The first-order valence-corrected chi connectivity index (χ1v) is 12.6. The molecule has 1 aromatic rings. The number of sulfone groups is 1. The maximum absolute atomic E-state index is 11.5. The van der Waals surface area contributed by atoms with Crippen LogP contribution in [0.25, 0.3) is 0 Å². The molecule has 1 atom stereocenters. The fourth-order valence-corrected chi connectivity index (χ4v) is 4.26. The normalized spacial score (nSPS) is 17.7. The molecule has 0 saturated carbocycles. The van der Waals surface area contributed by atoms with Crippen LogP contribution in [0.4, 0.5) is 0 Å². The monoisotopic (exact) mass is 551 g/mol. The molecule has 0 spiro atoms. The summed E-state index contributed by atoms with van der Waals surface area (Å²) in [6, 6.07) is 10.3. The number of ether oxygens (including phenoxy) is 1. The molecule has 1 fully saturated rings. The van der Waals surface area contributed by atoms with Gasteiger partial charge >= 0.3 is 0 Å². The largest absolute Gasteiger partial charge is 0.376 e. The van der Waals surface area contributed by atoms with Gasteiger partial charge in [0, 0.05) is 38.4 Å². The van der Waals surface area contributed by atoms with Crippen LogP contribution in [0, 0.1) is 11.3 Å². The van der Waals surface area contributed by atoms with Crippen LogP contribution < -0.4 is 5.32 Å². The van der Waals surface area contributed by atoms with Crippen LogP contribution in [0.3, 0.4) is 0 Å². The molecule has 2 rings (SSSR count). The van der Waals surface area contributed by atoms with Crippen molar-refractivity contribution in [3.05, 3.63) is 35.9 Å². The van der Waals surface area contributed by atoms with Crippen molar-refractivity contribution in [2.24, 2.45) is 16.3 Å². The highest BCUT2D eigenvalue weighted by atomic mass is 127. The van der Waals surface area contributed by atoms with Gasteiger partial charge in [0.2, 0.25) is 0 Å². The lowest BCUT2D eigenvalue weighted by atomic mass is 9.90. The SMILES string of the molecule is CCNC(=NCC(C)(C)CCS(C)(=O)=O)N1CCC(COCc2ccccc2)C1.I. The summed E-state index contributed by atoms with van der Waals surface area (Å²) in [6.07, 6.45) is 3.00. The topological polar surface area (TPSA) is 71.0 Å². The van der Waals surface area contributed by atoms with E-state index in [2.05, 4.69) is 43.1 Å². The average Bonchev–Trinajstić information content (AvgIpc) is 3.13. The summed E-state index contributed by atoms with van der Waals surface area (Å²) in [4.78, 5) is 7.12. The molecule has 1 N–H and O–H groups in total. The third-order valence-electron chi connectivity index (χ3n) is 5.19. The maximum atomic E-state index is 11.5. The molecule has 1 aliphatic rings. The quantitative estimate of drug-likeness (QED) is 0.274. The molecule has 1 saturated heterocycles. The van der Waals surface area contributed by atoms with Gasteiger partial charge in [0.25, 0.3) is 0 Å². The number of nitrogens with zero attached hydrogens (tertiary/aromatic N) is 2. The lowest BCUT2D eigenvalue weighted by Gasteiger charge is -2.26. The van der Waals surface area contributed by atoms with E-state index in [4.69, 9.17) is 9.73 Å². The highest BCUT2D eigenvalue weighted by Gasteiger charge is 2.26. The fraction of sp³-hybridized carbons (Fsp3) is 0.682. The van der Waals surface area contributed by atoms with Gasteiger partial charge in [-0.2, -0.15) is 0 Å². The molecule has 1 aliphatic heterocycles. The zero-order chi connectivity index (χ0) is 21.3. The highest BCUT2D eigenvalue weighted by Crippen LogP contribution is 2.23. The third kappa shape index (κ3) is 10.4. The van der Waals surface area contributed by atoms with E-state index in [0.29, 0.717) is 25.5 Å². The summed E-state index contributed by atoms with van der Waals surface area (Å²) in [5, 5.41) is 3.39. The van der Waals surface area contributed by atoms with E-state index in [0.717, 1.165) is 38.6 Å². The van der Waals surface area contributed by atoms with Crippen molar-refractivity contribution < 1.29 is 13.2 Å². The number of nitrogens with one attached hydrogen (secondary N) is 1. The predicted octanol–water partition coefficient (Wildman–Crippen LogP) is 3.57. The molecule has 0 bridgehead atoms. The Morgan fingerprint density at radius 2 is 2.00 bits per heavy atom. The Kier molecular flexibility index (Phi) is 11.6. The Morgan fingerprint density at radius 1 is 1.30 bits per heavy atom. The van der Waals surface area contributed by atoms with Gasteiger partial charge in [-0.15, -0.1) is 24.0 Å². The fourth-order valence-electron chi connectivity index (χ4n) is 3.33. The molecule has 6 nitrogen and oxygen atoms in total. The first kappa shape index (κ1) is 27.2. The highest BCUT2D eigenvalue weighted by molar-refractivity contribution is 14.0. The standard InChI is InChI=1S/C22H37N3O3S.HI/c1-5-23-21(24-18-22(2,3)12-14-29(4,26)27)25-13-11-20(15-25)17-28-16-19-9-7-6-8-10-19;/h6-10,20H,5,11-18H2,1-4H3,(H,23,24);1H. The number of likely N-dealkylation sites (tertiary alicyclic amines) is 1. The summed E-state index contributed by atoms with van der Waals surface area (Å²) in [5.74, 6) is 1.63. The van der Waals surface area contributed by atoms with Gasteiger partial charge in [-0.25, -0.2) is 8.42 Å². The molecule has 8 heteroatoms.